The minimum Gasteiger partial charge on any atom is -0.497 e. The van der Waals surface area contributed by atoms with Crippen LogP contribution in [0.2, 0.25) is 0 Å². The van der Waals surface area contributed by atoms with Crippen LogP contribution in [0.5, 0.6) is 11.5 Å². The highest BCUT2D eigenvalue weighted by Gasteiger charge is 2.03. The van der Waals surface area contributed by atoms with E-state index in [9.17, 15) is 8.42 Å². The van der Waals surface area contributed by atoms with Gasteiger partial charge in [-0.15, -0.1) is 0 Å². The van der Waals surface area contributed by atoms with Crippen LogP contribution in [0.15, 0.2) is 24.3 Å². The molecule has 0 unspecified atom stereocenters. The topological polar surface area (TPSA) is 78.6 Å². The van der Waals surface area contributed by atoms with E-state index in [-0.39, 0.29) is 5.75 Å². The van der Waals surface area contributed by atoms with E-state index < -0.39 is 10.3 Å². The summed E-state index contributed by atoms with van der Waals surface area (Å²) in [5.74, 6) is 0.769. The van der Waals surface area contributed by atoms with Crippen LogP contribution in [0.1, 0.15) is 0 Å². The van der Waals surface area contributed by atoms with Crippen molar-refractivity contribution in [2.75, 3.05) is 7.11 Å². The van der Waals surface area contributed by atoms with Gasteiger partial charge in [0.2, 0.25) is 0 Å². The predicted octanol–water partition coefficient (Wildman–Crippen LogP) is 0.277. The molecule has 0 radical (unpaired) electrons. The lowest BCUT2D eigenvalue weighted by molar-refractivity contribution is 0.413. The van der Waals surface area contributed by atoms with Crippen molar-refractivity contribution in [2.45, 2.75) is 0 Å². The molecule has 0 spiro atoms. The molecule has 0 amide bonds. The van der Waals surface area contributed by atoms with Crippen molar-refractivity contribution in [3.8, 4) is 11.5 Å². The Labute approximate surface area is 76.3 Å². The second-order valence-corrected chi connectivity index (χ2v) is 3.40. The molecule has 0 atom stereocenters. The van der Waals surface area contributed by atoms with Crippen molar-refractivity contribution in [3.05, 3.63) is 24.3 Å². The maximum absolute atomic E-state index is 10.5. The Bertz CT molecular complexity index is 370. The zero-order valence-electron chi connectivity index (χ0n) is 6.93. The van der Waals surface area contributed by atoms with E-state index in [1.165, 1.54) is 19.2 Å². The third-order valence-electron chi connectivity index (χ3n) is 1.27. The Morgan fingerprint density at radius 3 is 2.00 bits per heavy atom. The first-order valence-corrected chi connectivity index (χ1v) is 4.84. The van der Waals surface area contributed by atoms with E-state index in [4.69, 9.17) is 4.74 Å². The summed E-state index contributed by atoms with van der Waals surface area (Å²) in [5, 5.41) is 4.66. The minimum absolute atomic E-state index is 0.156. The average Bonchev–Trinajstić information content (AvgIpc) is 2.03. The molecule has 72 valence electrons. The Morgan fingerprint density at radius 2 is 1.62 bits per heavy atom. The Hall–Kier alpha value is -1.27. The van der Waals surface area contributed by atoms with Crippen LogP contribution in [-0.2, 0) is 10.3 Å². The van der Waals surface area contributed by atoms with Crippen LogP contribution in [0, 0.1) is 0 Å². The molecular weight excluding hydrogens is 194 g/mol. The van der Waals surface area contributed by atoms with Gasteiger partial charge >= 0.3 is 10.3 Å². The van der Waals surface area contributed by atoms with Crippen LogP contribution >= 0.6 is 0 Å². The van der Waals surface area contributed by atoms with Gasteiger partial charge in [-0.05, 0) is 24.3 Å². The molecule has 0 saturated heterocycles. The third kappa shape index (κ3) is 3.30. The number of hydrogen-bond donors (Lipinski definition) is 1. The first-order chi connectivity index (χ1) is 6.01. The first kappa shape index (κ1) is 9.82. The average molecular weight is 203 g/mol. The van der Waals surface area contributed by atoms with E-state index in [0.29, 0.717) is 5.75 Å². The SMILES string of the molecule is COc1ccc(OS(N)(=O)=O)cc1. The Balaban J connectivity index is 2.81. The van der Waals surface area contributed by atoms with Gasteiger partial charge in [0.1, 0.15) is 11.5 Å². The lowest BCUT2D eigenvalue weighted by Gasteiger charge is -2.02. The monoisotopic (exact) mass is 203 g/mol. The summed E-state index contributed by atoms with van der Waals surface area (Å²) in [6, 6.07) is 6.04. The van der Waals surface area contributed by atoms with Crippen molar-refractivity contribution >= 4 is 10.3 Å². The molecule has 13 heavy (non-hydrogen) atoms. The van der Waals surface area contributed by atoms with Crippen LogP contribution in [-0.4, -0.2) is 15.5 Å². The summed E-state index contributed by atoms with van der Waals surface area (Å²) in [7, 11) is -2.43. The zero-order valence-corrected chi connectivity index (χ0v) is 7.74. The molecule has 0 aliphatic rings. The molecular formula is C7H9NO4S. The van der Waals surface area contributed by atoms with Gasteiger partial charge in [0, 0.05) is 0 Å². The first-order valence-electron chi connectivity index (χ1n) is 3.37. The second-order valence-electron chi connectivity index (χ2n) is 2.25. The molecule has 0 saturated carbocycles. The molecule has 0 bridgehead atoms. The molecule has 0 aliphatic heterocycles. The van der Waals surface area contributed by atoms with Gasteiger partial charge in [0.15, 0.2) is 0 Å². The lowest BCUT2D eigenvalue weighted by atomic mass is 10.3. The largest absolute Gasteiger partial charge is 0.497 e. The highest BCUT2D eigenvalue weighted by molar-refractivity contribution is 7.84. The summed E-state index contributed by atoms with van der Waals surface area (Å²) in [6.07, 6.45) is 0. The molecule has 5 nitrogen and oxygen atoms in total. The van der Waals surface area contributed by atoms with E-state index >= 15 is 0 Å². The highest BCUT2D eigenvalue weighted by Crippen LogP contribution is 2.17. The predicted molar refractivity (Wildman–Crippen MR) is 46.7 cm³/mol. The normalized spacial score (nSPS) is 10.9. The zero-order chi connectivity index (χ0) is 9.90. The van der Waals surface area contributed by atoms with Gasteiger partial charge in [-0.25, -0.2) is 0 Å². The third-order valence-corrected chi connectivity index (χ3v) is 1.70. The van der Waals surface area contributed by atoms with Crippen molar-refractivity contribution < 1.29 is 17.3 Å². The minimum atomic E-state index is -3.94. The fourth-order valence-corrected chi connectivity index (χ4v) is 1.14. The van der Waals surface area contributed by atoms with Gasteiger partial charge < -0.3 is 8.92 Å². The van der Waals surface area contributed by atoms with E-state index in [2.05, 4.69) is 9.32 Å². The molecule has 0 aliphatic carbocycles. The molecule has 0 fully saturated rings. The molecule has 1 aromatic carbocycles. The van der Waals surface area contributed by atoms with Crippen LogP contribution in [0.25, 0.3) is 0 Å². The molecule has 1 aromatic rings. The molecule has 6 heteroatoms. The summed E-state index contributed by atoms with van der Waals surface area (Å²) >= 11 is 0. The number of hydrogen-bond acceptors (Lipinski definition) is 4. The van der Waals surface area contributed by atoms with E-state index in [0.717, 1.165) is 0 Å². The summed E-state index contributed by atoms with van der Waals surface area (Å²) in [4.78, 5) is 0. The van der Waals surface area contributed by atoms with Crippen LogP contribution in [0.4, 0.5) is 0 Å². The van der Waals surface area contributed by atoms with Gasteiger partial charge in [-0.1, -0.05) is 0 Å². The highest BCUT2D eigenvalue weighted by atomic mass is 32.2. The van der Waals surface area contributed by atoms with Crippen molar-refractivity contribution in [1.29, 1.82) is 0 Å². The van der Waals surface area contributed by atoms with E-state index in [1.807, 2.05) is 0 Å². The number of rotatable bonds is 3. The van der Waals surface area contributed by atoms with Gasteiger partial charge in [0.25, 0.3) is 0 Å². The smallest absolute Gasteiger partial charge is 0.380 e. The maximum Gasteiger partial charge on any atom is 0.380 e. The number of benzene rings is 1. The van der Waals surface area contributed by atoms with Crippen molar-refractivity contribution in [3.63, 3.8) is 0 Å². The van der Waals surface area contributed by atoms with Crippen LogP contribution < -0.4 is 14.1 Å². The molecule has 1 rings (SSSR count). The van der Waals surface area contributed by atoms with E-state index in [1.54, 1.807) is 12.1 Å². The number of ether oxygens (including phenoxy) is 1. The number of methoxy groups -OCH3 is 1. The lowest BCUT2D eigenvalue weighted by Crippen LogP contribution is -2.18. The summed E-state index contributed by atoms with van der Waals surface area (Å²) < 4.78 is 30.2. The van der Waals surface area contributed by atoms with Crippen LogP contribution in [0.3, 0.4) is 0 Å². The fourth-order valence-electron chi connectivity index (χ4n) is 0.765. The fraction of sp³-hybridized carbons (Fsp3) is 0.143. The van der Waals surface area contributed by atoms with Gasteiger partial charge in [-0.2, -0.15) is 13.6 Å². The molecule has 2 N–H and O–H groups in total. The molecule has 0 heterocycles. The maximum atomic E-state index is 10.5. The van der Waals surface area contributed by atoms with Crippen molar-refractivity contribution in [2.24, 2.45) is 5.14 Å². The number of nitrogens with two attached hydrogens (primary N) is 1. The van der Waals surface area contributed by atoms with Gasteiger partial charge in [0.05, 0.1) is 7.11 Å². The standard InChI is InChI=1S/C7H9NO4S/c1-11-6-2-4-7(5-3-6)12-13(8,9)10/h2-5H,1H3,(H2,8,9,10). The quantitative estimate of drug-likeness (QED) is 0.765. The van der Waals surface area contributed by atoms with Gasteiger partial charge in [-0.3, -0.25) is 0 Å². The second kappa shape index (κ2) is 3.63. The molecule has 0 aromatic heterocycles. The summed E-state index contributed by atoms with van der Waals surface area (Å²) in [5.41, 5.74) is 0. The Morgan fingerprint density at radius 1 is 1.15 bits per heavy atom. The summed E-state index contributed by atoms with van der Waals surface area (Å²) in [6.45, 7) is 0. The van der Waals surface area contributed by atoms with Crippen molar-refractivity contribution in [1.82, 2.24) is 0 Å². The Kier molecular flexibility index (Phi) is 2.74.